The maximum absolute atomic E-state index is 12.6. The Labute approximate surface area is 151 Å². The van der Waals surface area contributed by atoms with E-state index in [1.165, 1.54) is 0 Å². The number of imide groups is 1. The number of benzene rings is 1. The lowest BCUT2D eigenvalue weighted by Crippen LogP contribution is -2.42. The summed E-state index contributed by atoms with van der Waals surface area (Å²) in [6.07, 6.45) is 4.09. The van der Waals surface area contributed by atoms with Gasteiger partial charge in [-0.3, -0.25) is 19.3 Å². The molecule has 5 atom stereocenters. The molecule has 6 heteroatoms. The van der Waals surface area contributed by atoms with Crippen molar-refractivity contribution < 1.29 is 19.5 Å². The van der Waals surface area contributed by atoms with E-state index in [0.29, 0.717) is 5.56 Å². The highest BCUT2D eigenvalue weighted by molar-refractivity contribution is 6.08. The quantitative estimate of drug-likeness (QED) is 0.609. The van der Waals surface area contributed by atoms with Crippen molar-refractivity contribution >= 4 is 17.7 Å². The molecule has 0 unspecified atom stereocenters. The largest absolute Gasteiger partial charge is 0.387 e. The Hall–Kier alpha value is -2.47. The van der Waals surface area contributed by atoms with Gasteiger partial charge in [0.25, 0.3) is 0 Å². The molecule has 2 aliphatic carbocycles. The van der Waals surface area contributed by atoms with E-state index < -0.39 is 12.0 Å². The van der Waals surface area contributed by atoms with Crippen molar-refractivity contribution in [2.75, 3.05) is 13.1 Å². The maximum Gasteiger partial charge on any atom is 0.240 e. The lowest BCUT2D eigenvalue weighted by molar-refractivity contribution is -0.144. The number of carbonyl (C=O) groups is 3. The number of allylic oxidation sites excluding steroid dienone is 2. The van der Waals surface area contributed by atoms with Crippen LogP contribution in [0.1, 0.15) is 23.7 Å². The van der Waals surface area contributed by atoms with E-state index in [1.54, 1.807) is 0 Å². The summed E-state index contributed by atoms with van der Waals surface area (Å²) in [4.78, 5) is 38.4. The van der Waals surface area contributed by atoms with Gasteiger partial charge in [-0.05, 0) is 30.7 Å². The van der Waals surface area contributed by atoms with Gasteiger partial charge in [0, 0.05) is 6.54 Å². The number of aliphatic hydroxyl groups excluding tert-OH is 1. The fourth-order valence-electron chi connectivity index (χ4n) is 4.44. The summed E-state index contributed by atoms with van der Waals surface area (Å²) in [5.74, 6) is -1.20. The first-order valence-electron chi connectivity index (χ1n) is 9.00. The van der Waals surface area contributed by atoms with Crippen LogP contribution in [0.3, 0.4) is 0 Å². The number of nitrogens with zero attached hydrogens (tertiary/aromatic N) is 1. The Morgan fingerprint density at radius 2 is 1.73 bits per heavy atom. The summed E-state index contributed by atoms with van der Waals surface area (Å²) in [5, 5.41) is 12.8. The number of hydrogen-bond donors (Lipinski definition) is 2. The number of amides is 3. The molecule has 1 aromatic carbocycles. The lowest BCUT2D eigenvalue weighted by atomic mass is 9.85. The van der Waals surface area contributed by atoms with Crippen molar-refractivity contribution in [2.24, 2.45) is 23.7 Å². The SMILES string of the molecule is Cc1ccc([C@H](O)CNC(=O)CN2C(=O)[C@@H]3[C@@H](C2=O)[C@H]2C=C[C@H]3C2)cc1. The zero-order chi connectivity index (χ0) is 18.4. The van der Waals surface area contributed by atoms with Gasteiger partial charge in [0.1, 0.15) is 6.54 Å². The van der Waals surface area contributed by atoms with Crippen molar-refractivity contribution in [3.63, 3.8) is 0 Å². The topological polar surface area (TPSA) is 86.7 Å². The van der Waals surface area contributed by atoms with Crippen molar-refractivity contribution in [3.8, 4) is 0 Å². The van der Waals surface area contributed by atoms with Gasteiger partial charge in [0.2, 0.25) is 17.7 Å². The van der Waals surface area contributed by atoms with Crippen molar-refractivity contribution in [2.45, 2.75) is 19.4 Å². The molecule has 0 spiro atoms. The van der Waals surface area contributed by atoms with Crippen molar-refractivity contribution in [3.05, 3.63) is 47.5 Å². The van der Waals surface area contributed by atoms with Gasteiger partial charge >= 0.3 is 0 Å². The standard InChI is InChI=1S/C20H22N2O4/c1-11-2-4-12(5-3-11)15(23)9-21-16(24)10-22-19(25)17-13-6-7-14(8-13)18(17)20(22)26/h2-7,13-15,17-18,23H,8-10H2,1H3,(H,21,24)/t13-,14-,15+,17-,18-/m0/s1. The second kappa shape index (κ2) is 6.36. The molecule has 1 saturated heterocycles. The van der Waals surface area contributed by atoms with Crippen LogP contribution in [-0.2, 0) is 14.4 Å². The van der Waals surface area contributed by atoms with Gasteiger partial charge in [-0.25, -0.2) is 0 Å². The van der Waals surface area contributed by atoms with Crippen LogP contribution in [-0.4, -0.2) is 40.8 Å². The molecule has 3 aliphatic rings. The van der Waals surface area contributed by atoms with Crippen molar-refractivity contribution in [1.82, 2.24) is 10.2 Å². The fourth-order valence-corrected chi connectivity index (χ4v) is 4.44. The molecule has 0 aromatic heterocycles. The predicted molar refractivity (Wildman–Crippen MR) is 93.6 cm³/mol. The molecule has 4 rings (SSSR count). The molecule has 1 aliphatic heterocycles. The minimum Gasteiger partial charge on any atom is -0.387 e. The summed E-state index contributed by atoms with van der Waals surface area (Å²) >= 11 is 0. The van der Waals surface area contributed by atoms with E-state index in [2.05, 4.69) is 5.32 Å². The van der Waals surface area contributed by atoms with Crippen molar-refractivity contribution in [1.29, 1.82) is 0 Å². The summed E-state index contributed by atoms with van der Waals surface area (Å²) in [6, 6.07) is 7.40. The average Bonchev–Trinajstić information content (AvgIpc) is 3.30. The number of carbonyl (C=O) groups excluding carboxylic acids is 3. The Morgan fingerprint density at radius 3 is 2.31 bits per heavy atom. The minimum absolute atomic E-state index is 0.0395. The summed E-state index contributed by atoms with van der Waals surface area (Å²) in [5.41, 5.74) is 1.80. The summed E-state index contributed by atoms with van der Waals surface area (Å²) < 4.78 is 0. The van der Waals surface area contributed by atoms with Crippen LogP contribution in [0.2, 0.25) is 0 Å². The van der Waals surface area contributed by atoms with Gasteiger partial charge in [-0.1, -0.05) is 42.0 Å². The molecule has 1 aromatic rings. The highest BCUT2D eigenvalue weighted by Gasteiger charge is 2.59. The number of rotatable bonds is 5. The average molecular weight is 354 g/mol. The fraction of sp³-hybridized carbons (Fsp3) is 0.450. The highest BCUT2D eigenvalue weighted by atomic mass is 16.3. The number of fused-ring (bicyclic) bond motifs is 5. The highest BCUT2D eigenvalue weighted by Crippen LogP contribution is 2.52. The molecule has 3 amide bonds. The van der Waals surface area contributed by atoms with Crippen LogP contribution in [0.4, 0.5) is 0 Å². The lowest BCUT2D eigenvalue weighted by Gasteiger charge is -2.18. The molecular weight excluding hydrogens is 332 g/mol. The molecule has 2 bridgehead atoms. The van der Waals surface area contributed by atoms with Crippen LogP contribution in [0.5, 0.6) is 0 Å². The second-order valence-electron chi connectivity index (χ2n) is 7.49. The monoisotopic (exact) mass is 354 g/mol. The van der Waals surface area contributed by atoms with Gasteiger partial charge in [0.15, 0.2) is 0 Å². The number of nitrogens with one attached hydrogen (secondary N) is 1. The molecular formula is C20H22N2O4. The van der Waals surface area contributed by atoms with Crippen LogP contribution in [0.25, 0.3) is 0 Å². The minimum atomic E-state index is -0.830. The maximum atomic E-state index is 12.6. The van der Waals surface area contributed by atoms with E-state index in [0.717, 1.165) is 16.9 Å². The zero-order valence-electron chi connectivity index (χ0n) is 14.6. The Kier molecular flexibility index (Phi) is 4.15. The third kappa shape index (κ3) is 2.74. The van der Waals surface area contributed by atoms with Gasteiger partial charge < -0.3 is 10.4 Å². The molecule has 2 N–H and O–H groups in total. The molecule has 136 valence electrons. The number of aliphatic hydroxyl groups is 1. The molecule has 6 nitrogen and oxygen atoms in total. The number of likely N-dealkylation sites (tertiary alicyclic amines) is 1. The van der Waals surface area contributed by atoms with Crippen LogP contribution < -0.4 is 5.32 Å². The predicted octanol–water partition coefficient (Wildman–Crippen LogP) is 0.952. The van der Waals surface area contributed by atoms with Crippen LogP contribution >= 0.6 is 0 Å². The van der Waals surface area contributed by atoms with Gasteiger partial charge in [-0.15, -0.1) is 0 Å². The number of hydrogen-bond acceptors (Lipinski definition) is 4. The molecule has 1 saturated carbocycles. The first-order valence-corrected chi connectivity index (χ1v) is 9.00. The second-order valence-corrected chi connectivity index (χ2v) is 7.49. The third-order valence-electron chi connectivity index (χ3n) is 5.82. The molecule has 2 fully saturated rings. The van der Waals surface area contributed by atoms with E-state index >= 15 is 0 Å². The van der Waals surface area contributed by atoms with E-state index in [4.69, 9.17) is 0 Å². The first-order chi connectivity index (χ1) is 12.5. The third-order valence-corrected chi connectivity index (χ3v) is 5.82. The van der Waals surface area contributed by atoms with Gasteiger partial charge in [0.05, 0.1) is 17.9 Å². The molecule has 26 heavy (non-hydrogen) atoms. The Morgan fingerprint density at radius 1 is 1.15 bits per heavy atom. The van der Waals surface area contributed by atoms with Crippen LogP contribution in [0.15, 0.2) is 36.4 Å². The van der Waals surface area contributed by atoms with E-state index in [1.807, 2.05) is 43.3 Å². The summed E-state index contributed by atoms with van der Waals surface area (Å²) in [7, 11) is 0. The van der Waals surface area contributed by atoms with Gasteiger partial charge in [-0.2, -0.15) is 0 Å². The number of aryl methyl sites for hydroxylation is 1. The van der Waals surface area contributed by atoms with E-state index in [-0.39, 0.29) is 48.6 Å². The zero-order valence-corrected chi connectivity index (χ0v) is 14.6. The molecule has 1 heterocycles. The Balaban J connectivity index is 1.33. The Bertz CT molecular complexity index is 756. The summed E-state index contributed by atoms with van der Waals surface area (Å²) in [6.45, 7) is 1.72. The first kappa shape index (κ1) is 17.0. The van der Waals surface area contributed by atoms with E-state index in [9.17, 15) is 19.5 Å². The van der Waals surface area contributed by atoms with Crippen LogP contribution in [0, 0.1) is 30.6 Å². The normalized spacial score (nSPS) is 30.0. The smallest absolute Gasteiger partial charge is 0.240 e. The molecule has 0 radical (unpaired) electrons.